The lowest BCUT2D eigenvalue weighted by molar-refractivity contribution is 0.0312. The van der Waals surface area contributed by atoms with E-state index in [0.29, 0.717) is 19.1 Å². The molecule has 3 nitrogen and oxygen atoms in total. The van der Waals surface area contributed by atoms with Gasteiger partial charge in [0, 0.05) is 24.0 Å². The lowest BCUT2D eigenvalue weighted by Gasteiger charge is -2.29. The van der Waals surface area contributed by atoms with E-state index in [4.69, 9.17) is 0 Å². The zero-order chi connectivity index (χ0) is 12.9. The Kier molecular flexibility index (Phi) is 5.59. The Hall–Kier alpha value is -0.420. The molecule has 0 saturated heterocycles. The van der Waals surface area contributed by atoms with Crippen LogP contribution in [0.5, 0.6) is 0 Å². The average Bonchev–Trinajstić information content (AvgIpc) is 2.69. The van der Waals surface area contributed by atoms with Crippen LogP contribution in [0.15, 0.2) is 17.5 Å². The maximum absolute atomic E-state index is 10.2. The molecule has 1 heterocycles. The van der Waals surface area contributed by atoms with Crippen LogP contribution in [0.25, 0.3) is 0 Å². The van der Waals surface area contributed by atoms with Crippen molar-refractivity contribution in [1.82, 2.24) is 10.2 Å². The monoisotopic (exact) mass is 256 g/mol. The van der Waals surface area contributed by atoms with Crippen molar-refractivity contribution in [1.29, 1.82) is 0 Å². The van der Waals surface area contributed by atoms with Crippen LogP contribution in [0, 0.1) is 0 Å². The van der Waals surface area contributed by atoms with Gasteiger partial charge in [0.25, 0.3) is 0 Å². The summed E-state index contributed by atoms with van der Waals surface area (Å²) in [6, 6.07) is 4.57. The molecule has 0 fully saturated rings. The van der Waals surface area contributed by atoms with E-state index in [9.17, 15) is 5.11 Å². The van der Waals surface area contributed by atoms with Crippen LogP contribution in [0.1, 0.15) is 31.2 Å². The molecule has 0 radical (unpaired) electrons. The molecule has 0 amide bonds. The maximum Gasteiger partial charge on any atom is 0.0869 e. The van der Waals surface area contributed by atoms with Crippen LogP contribution >= 0.6 is 11.3 Å². The molecule has 2 unspecified atom stereocenters. The number of hydrogen-bond donors (Lipinski definition) is 2. The van der Waals surface area contributed by atoms with Gasteiger partial charge < -0.3 is 15.3 Å². The Balaban J connectivity index is 2.48. The van der Waals surface area contributed by atoms with Gasteiger partial charge in [-0.1, -0.05) is 13.0 Å². The minimum atomic E-state index is -0.686. The maximum atomic E-state index is 10.2. The molecule has 1 aromatic rings. The van der Waals surface area contributed by atoms with Crippen molar-refractivity contribution in [2.45, 2.75) is 31.9 Å². The van der Waals surface area contributed by atoms with E-state index >= 15 is 0 Å². The number of hydrogen-bond acceptors (Lipinski definition) is 4. The van der Waals surface area contributed by atoms with Crippen molar-refractivity contribution in [2.75, 3.05) is 27.2 Å². The zero-order valence-electron chi connectivity index (χ0n) is 11.2. The molecule has 0 aliphatic rings. The molecule has 2 atom stereocenters. The molecule has 0 aliphatic heterocycles. The fraction of sp³-hybridized carbons (Fsp3) is 0.692. The fourth-order valence-corrected chi connectivity index (χ4v) is 2.90. The number of rotatable bonds is 7. The van der Waals surface area contributed by atoms with Crippen molar-refractivity contribution >= 4 is 11.3 Å². The van der Waals surface area contributed by atoms with Gasteiger partial charge in [-0.05, 0) is 38.9 Å². The summed E-state index contributed by atoms with van der Waals surface area (Å²) in [6.45, 7) is 5.32. The van der Waals surface area contributed by atoms with E-state index in [-0.39, 0.29) is 0 Å². The molecule has 0 spiro atoms. The van der Waals surface area contributed by atoms with Crippen LogP contribution in [0.2, 0.25) is 0 Å². The van der Waals surface area contributed by atoms with Gasteiger partial charge in [0.1, 0.15) is 0 Å². The molecule has 98 valence electrons. The van der Waals surface area contributed by atoms with E-state index in [1.807, 2.05) is 25.9 Å². The highest BCUT2D eigenvalue weighted by Gasteiger charge is 2.22. The highest BCUT2D eigenvalue weighted by atomic mass is 32.1. The molecular formula is C13H24N2OS. The van der Waals surface area contributed by atoms with Crippen LogP contribution < -0.4 is 5.32 Å². The van der Waals surface area contributed by atoms with Crippen LogP contribution in [0.4, 0.5) is 0 Å². The van der Waals surface area contributed by atoms with E-state index in [0.717, 1.165) is 6.42 Å². The van der Waals surface area contributed by atoms with Crippen molar-refractivity contribution in [3.8, 4) is 0 Å². The Morgan fingerprint density at radius 1 is 1.53 bits per heavy atom. The van der Waals surface area contributed by atoms with Gasteiger partial charge in [-0.15, -0.1) is 11.3 Å². The standard InChI is InChI=1S/C13H24N2OS/c1-5-11(12-7-6-8-17-12)14-9-13(2,16)10-15(3)4/h6-8,11,14,16H,5,9-10H2,1-4H3. The molecule has 1 aromatic heterocycles. The van der Waals surface area contributed by atoms with Crippen LogP contribution in [0.3, 0.4) is 0 Å². The molecule has 17 heavy (non-hydrogen) atoms. The first kappa shape index (κ1) is 14.6. The Bertz CT molecular complexity index is 309. The summed E-state index contributed by atoms with van der Waals surface area (Å²) >= 11 is 1.77. The molecule has 1 rings (SSSR count). The third-order valence-corrected chi connectivity index (χ3v) is 3.67. The van der Waals surface area contributed by atoms with E-state index in [1.165, 1.54) is 4.88 Å². The molecule has 2 N–H and O–H groups in total. The van der Waals surface area contributed by atoms with Gasteiger partial charge in [0.15, 0.2) is 0 Å². The molecule has 0 bridgehead atoms. The Labute approximate surface area is 108 Å². The Morgan fingerprint density at radius 3 is 2.71 bits per heavy atom. The van der Waals surface area contributed by atoms with E-state index in [2.05, 4.69) is 29.8 Å². The van der Waals surface area contributed by atoms with Gasteiger partial charge in [0.05, 0.1) is 5.60 Å². The lowest BCUT2D eigenvalue weighted by atomic mass is 10.1. The highest BCUT2D eigenvalue weighted by Crippen LogP contribution is 2.22. The van der Waals surface area contributed by atoms with Crippen molar-refractivity contribution in [3.63, 3.8) is 0 Å². The summed E-state index contributed by atoms with van der Waals surface area (Å²) in [5.41, 5.74) is -0.686. The summed E-state index contributed by atoms with van der Waals surface area (Å²) in [7, 11) is 3.95. The second-order valence-electron chi connectivity index (χ2n) is 5.09. The number of thiophene rings is 1. The quantitative estimate of drug-likeness (QED) is 0.784. The average molecular weight is 256 g/mol. The first-order chi connectivity index (χ1) is 7.94. The van der Waals surface area contributed by atoms with Gasteiger partial charge in [0.2, 0.25) is 0 Å². The number of likely N-dealkylation sites (N-methyl/N-ethyl adjacent to an activating group) is 1. The van der Waals surface area contributed by atoms with Gasteiger partial charge in [-0.3, -0.25) is 0 Å². The highest BCUT2D eigenvalue weighted by molar-refractivity contribution is 7.10. The topological polar surface area (TPSA) is 35.5 Å². The summed E-state index contributed by atoms with van der Waals surface area (Å²) < 4.78 is 0. The van der Waals surface area contributed by atoms with Crippen LogP contribution in [-0.4, -0.2) is 42.8 Å². The minimum absolute atomic E-state index is 0.351. The first-order valence-corrected chi connectivity index (χ1v) is 6.96. The molecule has 0 saturated carbocycles. The third-order valence-electron chi connectivity index (χ3n) is 2.68. The number of aliphatic hydroxyl groups is 1. The molecular weight excluding hydrogens is 232 g/mol. The molecule has 4 heteroatoms. The summed E-state index contributed by atoms with van der Waals surface area (Å²) in [5, 5.41) is 15.8. The third kappa shape index (κ3) is 5.17. The fourth-order valence-electron chi connectivity index (χ4n) is 2.02. The summed E-state index contributed by atoms with van der Waals surface area (Å²) in [6.07, 6.45) is 1.04. The second-order valence-corrected chi connectivity index (χ2v) is 6.07. The predicted molar refractivity (Wildman–Crippen MR) is 74.5 cm³/mol. The zero-order valence-corrected chi connectivity index (χ0v) is 12.0. The second kappa shape index (κ2) is 6.50. The first-order valence-electron chi connectivity index (χ1n) is 6.08. The predicted octanol–water partition coefficient (Wildman–Crippen LogP) is 2.10. The Morgan fingerprint density at radius 2 is 2.24 bits per heavy atom. The van der Waals surface area contributed by atoms with Crippen molar-refractivity contribution in [3.05, 3.63) is 22.4 Å². The van der Waals surface area contributed by atoms with Crippen LogP contribution in [-0.2, 0) is 0 Å². The van der Waals surface area contributed by atoms with Gasteiger partial charge in [-0.25, -0.2) is 0 Å². The SMILES string of the molecule is CCC(NCC(C)(O)CN(C)C)c1cccs1. The summed E-state index contributed by atoms with van der Waals surface area (Å²) in [4.78, 5) is 3.35. The molecule has 0 aromatic carbocycles. The largest absolute Gasteiger partial charge is 0.388 e. The summed E-state index contributed by atoms with van der Waals surface area (Å²) in [5.74, 6) is 0. The normalized spacial score (nSPS) is 17.1. The van der Waals surface area contributed by atoms with E-state index in [1.54, 1.807) is 11.3 Å². The minimum Gasteiger partial charge on any atom is -0.388 e. The number of nitrogens with zero attached hydrogens (tertiary/aromatic N) is 1. The van der Waals surface area contributed by atoms with Crippen molar-refractivity contribution < 1.29 is 5.11 Å². The lowest BCUT2D eigenvalue weighted by Crippen LogP contribution is -2.46. The smallest absolute Gasteiger partial charge is 0.0869 e. The number of nitrogens with one attached hydrogen (secondary N) is 1. The molecule has 0 aliphatic carbocycles. The van der Waals surface area contributed by atoms with Gasteiger partial charge in [-0.2, -0.15) is 0 Å². The van der Waals surface area contributed by atoms with E-state index < -0.39 is 5.60 Å². The van der Waals surface area contributed by atoms with Crippen molar-refractivity contribution in [2.24, 2.45) is 0 Å². The van der Waals surface area contributed by atoms with Gasteiger partial charge >= 0.3 is 0 Å².